The molecule has 3 heterocycles. The molecule has 0 unspecified atom stereocenters. The number of nitrogens with one attached hydrogen (secondary N) is 1. The van der Waals surface area contributed by atoms with Crippen LogP contribution < -0.4 is 5.32 Å². The fourth-order valence-corrected chi connectivity index (χ4v) is 3.50. The molecule has 0 aliphatic rings. The number of pyridine rings is 2. The van der Waals surface area contributed by atoms with Gasteiger partial charge >= 0.3 is 0 Å². The van der Waals surface area contributed by atoms with E-state index in [0.29, 0.717) is 39.0 Å². The van der Waals surface area contributed by atoms with Crippen molar-refractivity contribution in [2.24, 2.45) is 0 Å². The maximum absolute atomic E-state index is 12.7. The molecule has 0 spiro atoms. The van der Waals surface area contributed by atoms with Crippen molar-refractivity contribution >= 4 is 45.8 Å². The van der Waals surface area contributed by atoms with Gasteiger partial charge < -0.3 is 5.32 Å². The summed E-state index contributed by atoms with van der Waals surface area (Å²) in [6.45, 7) is 4.29. The molecule has 1 aromatic carbocycles. The van der Waals surface area contributed by atoms with Gasteiger partial charge in [0, 0.05) is 23.1 Å². The van der Waals surface area contributed by atoms with Crippen LogP contribution in [0.2, 0.25) is 10.0 Å². The molecule has 0 saturated carbocycles. The third kappa shape index (κ3) is 3.95. The first kappa shape index (κ1) is 19.4. The monoisotopic (exact) mass is 425 g/mol. The summed E-state index contributed by atoms with van der Waals surface area (Å²) in [4.78, 5) is 21.6. The fraction of sp³-hybridized carbons (Fsp3) is 0.143. The van der Waals surface area contributed by atoms with Crippen LogP contribution in [0, 0.1) is 13.8 Å². The number of aryl methyl sites for hydroxylation is 2. The van der Waals surface area contributed by atoms with Crippen molar-refractivity contribution in [1.82, 2.24) is 19.7 Å². The first-order valence-corrected chi connectivity index (χ1v) is 9.68. The molecule has 0 radical (unpaired) electrons. The van der Waals surface area contributed by atoms with Crippen LogP contribution in [0.25, 0.3) is 11.0 Å². The third-order valence-electron chi connectivity index (χ3n) is 4.50. The summed E-state index contributed by atoms with van der Waals surface area (Å²) in [5.74, 6) is -0.348. The number of rotatable bonds is 4. The van der Waals surface area contributed by atoms with Crippen molar-refractivity contribution in [3.8, 4) is 0 Å². The lowest BCUT2D eigenvalue weighted by atomic mass is 10.2. The van der Waals surface area contributed by atoms with Gasteiger partial charge in [0.15, 0.2) is 5.65 Å². The average Bonchev–Trinajstić information content (AvgIpc) is 3.02. The van der Waals surface area contributed by atoms with Gasteiger partial charge in [-0.3, -0.25) is 9.78 Å². The van der Waals surface area contributed by atoms with Gasteiger partial charge in [-0.2, -0.15) is 5.10 Å². The summed E-state index contributed by atoms with van der Waals surface area (Å²) in [5.41, 5.74) is 4.16. The average molecular weight is 426 g/mol. The van der Waals surface area contributed by atoms with Crippen molar-refractivity contribution in [2.45, 2.75) is 20.4 Å². The molecule has 0 bridgehead atoms. The number of aromatic nitrogens is 4. The van der Waals surface area contributed by atoms with Crippen LogP contribution in [0.3, 0.4) is 0 Å². The summed E-state index contributed by atoms with van der Waals surface area (Å²) >= 11 is 12.5. The minimum Gasteiger partial charge on any atom is -0.322 e. The number of nitrogens with zero attached hydrogens (tertiary/aromatic N) is 4. The molecule has 1 amide bonds. The van der Waals surface area contributed by atoms with Gasteiger partial charge in [0.1, 0.15) is 0 Å². The Morgan fingerprint density at radius 3 is 2.48 bits per heavy atom. The molecule has 4 aromatic rings. The van der Waals surface area contributed by atoms with Crippen molar-refractivity contribution in [3.05, 3.63) is 81.4 Å². The largest absolute Gasteiger partial charge is 0.322 e. The Kier molecular flexibility index (Phi) is 5.22. The minimum atomic E-state index is -0.348. The van der Waals surface area contributed by atoms with Crippen LogP contribution in [0.5, 0.6) is 0 Å². The highest BCUT2D eigenvalue weighted by atomic mass is 35.5. The van der Waals surface area contributed by atoms with Gasteiger partial charge in [0.2, 0.25) is 0 Å². The zero-order valence-corrected chi connectivity index (χ0v) is 17.3. The molecule has 0 saturated heterocycles. The number of fused-ring (bicyclic) bond motifs is 1. The summed E-state index contributed by atoms with van der Waals surface area (Å²) < 4.78 is 1.75. The SMILES string of the molecule is Cc1ccc(Cn2nc(C)c3c(Cl)c(C(=O)Nc4ccc(Cl)cc4)cnc32)nc1. The van der Waals surface area contributed by atoms with Crippen LogP contribution in [0.15, 0.2) is 48.8 Å². The Bertz CT molecular complexity index is 1200. The zero-order valence-electron chi connectivity index (χ0n) is 15.8. The Morgan fingerprint density at radius 2 is 1.79 bits per heavy atom. The summed E-state index contributed by atoms with van der Waals surface area (Å²) in [6, 6.07) is 10.8. The minimum absolute atomic E-state index is 0.283. The second-order valence-electron chi connectivity index (χ2n) is 6.72. The smallest absolute Gasteiger partial charge is 0.258 e. The molecule has 6 nitrogen and oxygen atoms in total. The number of hydrogen-bond donors (Lipinski definition) is 1. The molecule has 1 N–H and O–H groups in total. The first-order chi connectivity index (χ1) is 13.9. The standard InChI is InChI=1S/C21H17Cl2N5O/c1-12-3-6-16(24-9-12)11-28-20-18(13(2)27-28)19(23)17(10-25-20)21(29)26-15-7-4-14(22)5-8-15/h3-10H,11H2,1-2H3,(H,26,29). The van der Waals surface area contributed by atoms with E-state index in [-0.39, 0.29) is 11.5 Å². The van der Waals surface area contributed by atoms with Crippen molar-refractivity contribution in [3.63, 3.8) is 0 Å². The molecule has 0 atom stereocenters. The van der Waals surface area contributed by atoms with Gasteiger partial charge in [-0.25, -0.2) is 9.67 Å². The predicted octanol–water partition coefficient (Wildman–Crippen LogP) is 5.05. The lowest BCUT2D eigenvalue weighted by Crippen LogP contribution is -2.13. The molecular formula is C21H17Cl2N5O. The van der Waals surface area contributed by atoms with Gasteiger partial charge in [0.25, 0.3) is 5.91 Å². The number of anilines is 1. The molecule has 146 valence electrons. The van der Waals surface area contributed by atoms with Crippen LogP contribution >= 0.6 is 23.2 Å². The number of carbonyl (C=O) groups excluding carboxylic acids is 1. The molecule has 0 aliphatic heterocycles. The van der Waals surface area contributed by atoms with E-state index in [1.54, 1.807) is 28.9 Å². The lowest BCUT2D eigenvalue weighted by molar-refractivity contribution is 0.102. The maximum atomic E-state index is 12.7. The van der Waals surface area contributed by atoms with Crippen molar-refractivity contribution in [2.75, 3.05) is 5.32 Å². The van der Waals surface area contributed by atoms with Crippen molar-refractivity contribution < 1.29 is 4.79 Å². The van der Waals surface area contributed by atoms with E-state index in [9.17, 15) is 4.79 Å². The highest BCUT2D eigenvalue weighted by Crippen LogP contribution is 2.29. The van der Waals surface area contributed by atoms with E-state index < -0.39 is 0 Å². The summed E-state index contributed by atoms with van der Waals surface area (Å²) in [7, 11) is 0. The Morgan fingerprint density at radius 1 is 1.03 bits per heavy atom. The number of amides is 1. The topological polar surface area (TPSA) is 72.7 Å². The summed E-state index contributed by atoms with van der Waals surface area (Å²) in [5, 5.41) is 8.92. The van der Waals surface area contributed by atoms with Crippen LogP contribution in [-0.2, 0) is 6.54 Å². The molecule has 3 aromatic heterocycles. The van der Waals surface area contributed by atoms with Gasteiger partial charge in [0.05, 0.1) is 33.9 Å². The highest BCUT2D eigenvalue weighted by molar-refractivity contribution is 6.39. The Balaban J connectivity index is 1.66. The Labute approximate surface area is 177 Å². The highest BCUT2D eigenvalue weighted by Gasteiger charge is 2.19. The number of benzene rings is 1. The van der Waals surface area contributed by atoms with E-state index in [4.69, 9.17) is 23.2 Å². The van der Waals surface area contributed by atoms with Crippen LogP contribution in [-0.4, -0.2) is 25.7 Å². The fourth-order valence-electron chi connectivity index (χ4n) is 3.02. The zero-order chi connectivity index (χ0) is 20.5. The van der Waals surface area contributed by atoms with E-state index in [1.165, 1.54) is 6.20 Å². The van der Waals surface area contributed by atoms with E-state index in [2.05, 4.69) is 20.4 Å². The number of carbonyl (C=O) groups is 1. The first-order valence-electron chi connectivity index (χ1n) is 8.92. The molecule has 8 heteroatoms. The number of hydrogen-bond acceptors (Lipinski definition) is 4. The molecular weight excluding hydrogens is 409 g/mol. The van der Waals surface area contributed by atoms with Gasteiger partial charge in [-0.1, -0.05) is 29.3 Å². The van der Waals surface area contributed by atoms with Crippen LogP contribution in [0.1, 0.15) is 27.3 Å². The summed E-state index contributed by atoms with van der Waals surface area (Å²) in [6.07, 6.45) is 3.28. The van der Waals surface area contributed by atoms with Gasteiger partial charge in [-0.15, -0.1) is 0 Å². The second kappa shape index (κ2) is 7.81. The molecule has 0 fully saturated rings. The quantitative estimate of drug-likeness (QED) is 0.496. The number of halogens is 2. The maximum Gasteiger partial charge on any atom is 0.258 e. The third-order valence-corrected chi connectivity index (χ3v) is 5.15. The normalized spacial score (nSPS) is 11.0. The van der Waals surface area contributed by atoms with Crippen LogP contribution in [0.4, 0.5) is 5.69 Å². The molecule has 4 rings (SSSR count). The second-order valence-corrected chi connectivity index (χ2v) is 7.53. The van der Waals surface area contributed by atoms with Gasteiger partial charge in [-0.05, 0) is 49.7 Å². The van der Waals surface area contributed by atoms with E-state index in [0.717, 1.165) is 11.3 Å². The molecule has 0 aliphatic carbocycles. The Hall–Kier alpha value is -2.96. The lowest BCUT2D eigenvalue weighted by Gasteiger charge is -2.08. The van der Waals surface area contributed by atoms with E-state index >= 15 is 0 Å². The predicted molar refractivity (Wildman–Crippen MR) is 115 cm³/mol. The van der Waals surface area contributed by atoms with E-state index in [1.807, 2.05) is 32.2 Å². The molecule has 29 heavy (non-hydrogen) atoms. The van der Waals surface area contributed by atoms with Crippen molar-refractivity contribution in [1.29, 1.82) is 0 Å².